The molecule has 25 heavy (non-hydrogen) atoms. The Bertz CT molecular complexity index is 810. The van der Waals surface area contributed by atoms with Gasteiger partial charge >= 0.3 is 0 Å². The second-order valence-electron chi connectivity index (χ2n) is 5.77. The number of hydrogen-bond acceptors (Lipinski definition) is 5. The molecule has 0 bridgehead atoms. The monoisotopic (exact) mass is 374 g/mol. The van der Waals surface area contributed by atoms with Crippen LogP contribution in [0.25, 0.3) is 0 Å². The summed E-state index contributed by atoms with van der Waals surface area (Å²) in [6.45, 7) is 2.27. The molecule has 0 aliphatic carbocycles. The van der Waals surface area contributed by atoms with Crippen molar-refractivity contribution < 1.29 is 9.84 Å². The fraction of sp³-hybridized carbons (Fsp3) is 0.211. The summed E-state index contributed by atoms with van der Waals surface area (Å²) in [5.74, 6) is 0.365. The number of thiophene rings is 1. The van der Waals surface area contributed by atoms with Gasteiger partial charge < -0.3 is 9.84 Å². The highest BCUT2D eigenvalue weighted by molar-refractivity contribution is 7.07. The number of phenolic OH excluding ortho intramolecular Hbond substituents is 1. The standard InChI is InChI=1S/C19H19ClN2O2S/c1-24-18-8-16(7-17(20)19(18)23)12-22(11-15-4-6-25-13-15)10-14-3-2-5-21-9-14/h2-9,13,23H,10-12H2,1H3. The van der Waals surface area contributed by atoms with Crippen molar-refractivity contribution in [3.8, 4) is 11.5 Å². The van der Waals surface area contributed by atoms with Crippen LogP contribution in [0.4, 0.5) is 0 Å². The number of rotatable bonds is 7. The molecule has 4 nitrogen and oxygen atoms in total. The number of ether oxygens (including phenoxy) is 1. The average molecular weight is 375 g/mol. The van der Waals surface area contributed by atoms with E-state index in [1.807, 2.05) is 18.3 Å². The Morgan fingerprint density at radius 3 is 2.64 bits per heavy atom. The minimum absolute atomic E-state index is 0.0236. The summed E-state index contributed by atoms with van der Waals surface area (Å²) in [7, 11) is 1.52. The van der Waals surface area contributed by atoms with E-state index in [1.165, 1.54) is 12.7 Å². The van der Waals surface area contributed by atoms with Crippen LogP contribution >= 0.6 is 22.9 Å². The van der Waals surface area contributed by atoms with Crippen LogP contribution in [0.5, 0.6) is 11.5 Å². The Morgan fingerprint density at radius 1 is 1.16 bits per heavy atom. The topological polar surface area (TPSA) is 45.6 Å². The summed E-state index contributed by atoms with van der Waals surface area (Å²) in [4.78, 5) is 6.50. The molecule has 3 rings (SSSR count). The van der Waals surface area contributed by atoms with Gasteiger partial charge in [0, 0.05) is 32.0 Å². The van der Waals surface area contributed by atoms with E-state index in [0.717, 1.165) is 24.2 Å². The lowest BCUT2D eigenvalue weighted by Gasteiger charge is -2.22. The van der Waals surface area contributed by atoms with E-state index in [9.17, 15) is 5.11 Å². The zero-order valence-electron chi connectivity index (χ0n) is 13.9. The first-order valence-electron chi connectivity index (χ1n) is 7.83. The molecule has 0 saturated heterocycles. The highest BCUT2D eigenvalue weighted by Gasteiger charge is 2.13. The van der Waals surface area contributed by atoms with Crippen molar-refractivity contribution in [1.29, 1.82) is 0 Å². The smallest absolute Gasteiger partial charge is 0.176 e. The van der Waals surface area contributed by atoms with Gasteiger partial charge in [0.25, 0.3) is 0 Å². The third kappa shape index (κ3) is 4.72. The molecule has 2 aromatic heterocycles. The third-order valence-corrected chi connectivity index (χ3v) is 4.85. The molecule has 0 atom stereocenters. The van der Waals surface area contributed by atoms with E-state index in [0.29, 0.717) is 17.3 Å². The maximum absolute atomic E-state index is 9.92. The van der Waals surface area contributed by atoms with Crippen LogP contribution in [-0.2, 0) is 19.6 Å². The van der Waals surface area contributed by atoms with Crippen molar-refractivity contribution in [3.63, 3.8) is 0 Å². The molecule has 2 heterocycles. The normalized spacial score (nSPS) is 11.0. The molecular weight excluding hydrogens is 356 g/mol. The van der Waals surface area contributed by atoms with Crippen LogP contribution < -0.4 is 4.74 Å². The van der Waals surface area contributed by atoms with Crippen LogP contribution in [0.3, 0.4) is 0 Å². The minimum Gasteiger partial charge on any atom is -0.503 e. The fourth-order valence-corrected chi connectivity index (χ4v) is 3.58. The Morgan fingerprint density at radius 2 is 1.96 bits per heavy atom. The maximum atomic E-state index is 9.92. The fourth-order valence-electron chi connectivity index (χ4n) is 2.69. The lowest BCUT2D eigenvalue weighted by Crippen LogP contribution is -2.22. The SMILES string of the molecule is COc1cc(CN(Cc2cccnc2)Cc2ccsc2)cc(Cl)c1O. The average Bonchev–Trinajstić information content (AvgIpc) is 3.11. The number of phenols is 1. The molecule has 0 saturated carbocycles. The molecular formula is C19H19ClN2O2S. The first kappa shape index (κ1) is 17.7. The van der Waals surface area contributed by atoms with E-state index in [-0.39, 0.29) is 5.75 Å². The first-order valence-corrected chi connectivity index (χ1v) is 9.15. The van der Waals surface area contributed by atoms with Gasteiger partial charge in [0.05, 0.1) is 12.1 Å². The Kier molecular flexibility index (Phi) is 5.91. The number of methoxy groups -OCH3 is 1. The Hall–Kier alpha value is -2.08. The maximum Gasteiger partial charge on any atom is 0.176 e. The van der Waals surface area contributed by atoms with Crippen LogP contribution in [0.15, 0.2) is 53.5 Å². The van der Waals surface area contributed by atoms with Crippen LogP contribution in [0.2, 0.25) is 5.02 Å². The Balaban J connectivity index is 1.82. The zero-order chi connectivity index (χ0) is 17.6. The molecule has 1 aromatic carbocycles. The van der Waals surface area contributed by atoms with Crippen molar-refractivity contribution in [2.45, 2.75) is 19.6 Å². The zero-order valence-corrected chi connectivity index (χ0v) is 15.4. The highest BCUT2D eigenvalue weighted by Crippen LogP contribution is 2.35. The van der Waals surface area contributed by atoms with Gasteiger partial charge in [-0.25, -0.2) is 0 Å². The second kappa shape index (κ2) is 8.34. The van der Waals surface area contributed by atoms with E-state index in [1.54, 1.807) is 23.6 Å². The van der Waals surface area contributed by atoms with Crippen molar-refractivity contribution in [2.24, 2.45) is 0 Å². The van der Waals surface area contributed by atoms with Gasteiger partial charge in [-0.15, -0.1) is 0 Å². The lowest BCUT2D eigenvalue weighted by atomic mass is 10.1. The first-order chi connectivity index (χ1) is 12.2. The second-order valence-corrected chi connectivity index (χ2v) is 6.95. The summed E-state index contributed by atoms with van der Waals surface area (Å²) in [6.07, 6.45) is 3.66. The number of halogens is 1. The number of benzene rings is 1. The molecule has 0 fully saturated rings. The highest BCUT2D eigenvalue weighted by atomic mass is 35.5. The van der Waals surface area contributed by atoms with E-state index in [2.05, 4.69) is 32.8 Å². The van der Waals surface area contributed by atoms with Crippen molar-refractivity contribution in [3.05, 3.63) is 75.2 Å². The number of aromatic hydroxyl groups is 1. The van der Waals surface area contributed by atoms with Gasteiger partial charge in [-0.1, -0.05) is 17.7 Å². The van der Waals surface area contributed by atoms with Gasteiger partial charge in [0.1, 0.15) is 0 Å². The quantitative estimate of drug-likeness (QED) is 0.650. The van der Waals surface area contributed by atoms with Gasteiger partial charge in [-0.05, 0) is 51.7 Å². The summed E-state index contributed by atoms with van der Waals surface area (Å²) < 4.78 is 5.21. The molecule has 3 aromatic rings. The number of hydrogen-bond donors (Lipinski definition) is 1. The number of pyridine rings is 1. The van der Waals surface area contributed by atoms with Crippen molar-refractivity contribution in [2.75, 3.05) is 7.11 Å². The van der Waals surface area contributed by atoms with Gasteiger partial charge in [-0.2, -0.15) is 11.3 Å². The van der Waals surface area contributed by atoms with Gasteiger partial charge in [0.15, 0.2) is 11.5 Å². The molecule has 0 aliphatic heterocycles. The number of aromatic nitrogens is 1. The third-order valence-electron chi connectivity index (χ3n) is 3.83. The van der Waals surface area contributed by atoms with Crippen molar-refractivity contribution in [1.82, 2.24) is 9.88 Å². The molecule has 0 unspecified atom stereocenters. The molecule has 0 radical (unpaired) electrons. The van der Waals surface area contributed by atoms with E-state index in [4.69, 9.17) is 16.3 Å². The predicted molar refractivity (Wildman–Crippen MR) is 101 cm³/mol. The summed E-state index contributed by atoms with van der Waals surface area (Å²) in [5, 5.41) is 14.5. The van der Waals surface area contributed by atoms with Crippen LogP contribution in [-0.4, -0.2) is 22.1 Å². The Labute approximate surface area is 156 Å². The molecule has 0 spiro atoms. The number of nitrogens with zero attached hydrogens (tertiary/aromatic N) is 2. The van der Waals surface area contributed by atoms with Gasteiger partial charge in [-0.3, -0.25) is 9.88 Å². The molecule has 0 amide bonds. The summed E-state index contributed by atoms with van der Waals surface area (Å²) in [6, 6.07) is 9.75. The van der Waals surface area contributed by atoms with Crippen molar-refractivity contribution >= 4 is 22.9 Å². The van der Waals surface area contributed by atoms with Crippen LogP contribution in [0.1, 0.15) is 16.7 Å². The van der Waals surface area contributed by atoms with E-state index < -0.39 is 0 Å². The lowest BCUT2D eigenvalue weighted by molar-refractivity contribution is 0.247. The molecule has 6 heteroatoms. The molecule has 1 N–H and O–H groups in total. The summed E-state index contributed by atoms with van der Waals surface area (Å²) in [5.41, 5.74) is 3.40. The molecule has 130 valence electrons. The predicted octanol–water partition coefficient (Wildman–Crippen LogP) is 4.71. The minimum atomic E-state index is -0.0236. The van der Waals surface area contributed by atoms with Crippen LogP contribution in [0, 0.1) is 0 Å². The molecule has 0 aliphatic rings. The summed E-state index contributed by atoms with van der Waals surface area (Å²) >= 11 is 7.82. The van der Waals surface area contributed by atoms with Gasteiger partial charge in [0.2, 0.25) is 0 Å². The largest absolute Gasteiger partial charge is 0.503 e. The van der Waals surface area contributed by atoms with E-state index >= 15 is 0 Å².